The Morgan fingerprint density at radius 2 is 2.24 bits per heavy atom. The zero-order chi connectivity index (χ0) is 15.5. The quantitative estimate of drug-likeness (QED) is 0.860. The number of piperidine rings is 1. The average Bonchev–Trinajstić information content (AvgIpc) is 2.49. The van der Waals surface area contributed by atoms with Gasteiger partial charge in [-0.25, -0.2) is 0 Å². The number of benzene rings is 1. The second-order valence-corrected chi connectivity index (χ2v) is 6.98. The molecule has 3 N–H and O–H groups in total. The van der Waals surface area contributed by atoms with E-state index in [9.17, 15) is 8.42 Å². The molecule has 1 saturated heterocycles. The molecule has 118 valence electrons. The summed E-state index contributed by atoms with van der Waals surface area (Å²) in [7, 11) is -2.17. The van der Waals surface area contributed by atoms with Gasteiger partial charge in [0.25, 0.3) is 0 Å². The number of anilines is 1. The SMILES string of the molecule is COc1ccc(Cl)c(NS(=O)(=O)N2CCCCC2CN)c1. The smallest absolute Gasteiger partial charge is 0.301 e. The van der Waals surface area contributed by atoms with Gasteiger partial charge in [0, 0.05) is 25.2 Å². The molecule has 1 aromatic rings. The van der Waals surface area contributed by atoms with Crippen LogP contribution in [-0.4, -0.2) is 39.0 Å². The fraction of sp³-hybridized carbons (Fsp3) is 0.538. The van der Waals surface area contributed by atoms with Crippen molar-refractivity contribution in [2.75, 3.05) is 24.9 Å². The third-order valence-corrected chi connectivity index (χ3v) is 5.47. The number of nitrogens with zero attached hydrogens (tertiary/aromatic N) is 1. The van der Waals surface area contributed by atoms with Crippen LogP contribution in [0.3, 0.4) is 0 Å². The van der Waals surface area contributed by atoms with Gasteiger partial charge in [-0.2, -0.15) is 12.7 Å². The molecule has 1 aliphatic rings. The molecule has 8 heteroatoms. The lowest BCUT2D eigenvalue weighted by Gasteiger charge is -2.34. The minimum absolute atomic E-state index is 0.166. The second-order valence-electron chi connectivity index (χ2n) is 4.95. The molecule has 1 fully saturated rings. The number of hydrogen-bond acceptors (Lipinski definition) is 4. The summed E-state index contributed by atoms with van der Waals surface area (Å²) >= 11 is 6.04. The molecule has 2 rings (SSSR count). The van der Waals surface area contributed by atoms with Crippen molar-refractivity contribution in [3.8, 4) is 5.75 Å². The first-order valence-electron chi connectivity index (χ1n) is 6.81. The van der Waals surface area contributed by atoms with Crippen LogP contribution < -0.4 is 15.2 Å². The Bertz CT molecular complexity index is 594. The average molecular weight is 334 g/mol. The Balaban J connectivity index is 2.24. The number of hydrogen-bond donors (Lipinski definition) is 2. The molecule has 0 bridgehead atoms. The van der Waals surface area contributed by atoms with Crippen molar-refractivity contribution >= 4 is 27.5 Å². The molecule has 6 nitrogen and oxygen atoms in total. The molecule has 0 aromatic heterocycles. The summed E-state index contributed by atoms with van der Waals surface area (Å²) in [6.45, 7) is 0.783. The largest absolute Gasteiger partial charge is 0.497 e. The fourth-order valence-corrected chi connectivity index (χ4v) is 4.17. The summed E-state index contributed by atoms with van der Waals surface area (Å²) in [6.07, 6.45) is 2.61. The topological polar surface area (TPSA) is 84.7 Å². The van der Waals surface area contributed by atoms with Crippen molar-refractivity contribution in [1.82, 2.24) is 4.31 Å². The predicted molar refractivity (Wildman–Crippen MR) is 83.9 cm³/mol. The summed E-state index contributed by atoms with van der Waals surface area (Å²) in [5.41, 5.74) is 5.98. The molecule has 0 amide bonds. The lowest BCUT2D eigenvalue weighted by molar-refractivity contribution is 0.259. The highest BCUT2D eigenvalue weighted by Crippen LogP contribution is 2.29. The van der Waals surface area contributed by atoms with Crippen molar-refractivity contribution < 1.29 is 13.2 Å². The van der Waals surface area contributed by atoms with Gasteiger partial charge in [0.1, 0.15) is 5.75 Å². The number of ether oxygens (including phenoxy) is 1. The summed E-state index contributed by atoms with van der Waals surface area (Å²) in [5.74, 6) is 0.533. The first-order chi connectivity index (χ1) is 9.97. The molecule has 1 heterocycles. The van der Waals surface area contributed by atoms with Crippen LogP contribution in [0.2, 0.25) is 5.02 Å². The van der Waals surface area contributed by atoms with E-state index in [0.717, 1.165) is 19.3 Å². The Labute approximate surface area is 130 Å². The van der Waals surface area contributed by atoms with E-state index in [1.54, 1.807) is 18.2 Å². The normalized spacial score (nSPS) is 20.2. The molecule has 0 radical (unpaired) electrons. The molecule has 0 aliphatic carbocycles. The van der Waals surface area contributed by atoms with Gasteiger partial charge >= 0.3 is 10.2 Å². The third-order valence-electron chi connectivity index (χ3n) is 3.57. The van der Waals surface area contributed by atoms with Crippen molar-refractivity contribution in [2.45, 2.75) is 25.3 Å². The van der Waals surface area contributed by atoms with Gasteiger partial charge in [0.2, 0.25) is 0 Å². The lowest BCUT2D eigenvalue weighted by atomic mass is 10.1. The van der Waals surface area contributed by atoms with Crippen molar-refractivity contribution in [3.63, 3.8) is 0 Å². The monoisotopic (exact) mass is 333 g/mol. The van der Waals surface area contributed by atoms with E-state index in [2.05, 4.69) is 4.72 Å². The number of nitrogens with two attached hydrogens (primary N) is 1. The highest BCUT2D eigenvalue weighted by atomic mass is 35.5. The van der Waals surface area contributed by atoms with E-state index in [0.29, 0.717) is 29.5 Å². The van der Waals surface area contributed by atoms with E-state index >= 15 is 0 Å². The summed E-state index contributed by atoms with van der Waals surface area (Å²) < 4.78 is 34.1. The fourth-order valence-electron chi connectivity index (χ4n) is 2.43. The van der Waals surface area contributed by atoms with Gasteiger partial charge < -0.3 is 10.5 Å². The molecule has 1 unspecified atom stereocenters. The van der Waals surface area contributed by atoms with Crippen LogP contribution >= 0.6 is 11.6 Å². The third kappa shape index (κ3) is 3.79. The van der Waals surface area contributed by atoms with Crippen molar-refractivity contribution in [2.24, 2.45) is 5.73 Å². The van der Waals surface area contributed by atoms with E-state index in [1.165, 1.54) is 11.4 Å². The van der Waals surface area contributed by atoms with Gasteiger partial charge in [-0.1, -0.05) is 18.0 Å². The van der Waals surface area contributed by atoms with Gasteiger partial charge in [-0.3, -0.25) is 4.72 Å². The molecule has 0 spiro atoms. The van der Waals surface area contributed by atoms with E-state index in [-0.39, 0.29) is 6.04 Å². The zero-order valence-corrected chi connectivity index (χ0v) is 13.5. The van der Waals surface area contributed by atoms with Crippen LogP contribution in [0.4, 0.5) is 5.69 Å². The molecular formula is C13H20ClN3O3S. The Morgan fingerprint density at radius 3 is 2.90 bits per heavy atom. The Morgan fingerprint density at radius 1 is 1.48 bits per heavy atom. The molecular weight excluding hydrogens is 314 g/mol. The maximum Gasteiger partial charge on any atom is 0.301 e. The van der Waals surface area contributed by atoms with Gasteiger partial charge in [0.05, 0.1) is 17.8 Å². The van der Waals surface area contributed by atoms with Crippen molar-refractivity contribution in [1.29, 1.82) is 0 Å². The van der Waals surface area contributed by atoms with Crippen LogP contribution in [-0.2, 0) is 10.2 Å². The van der Waals surface area contributed by atoms with Crippen LogP contribution in [0.15, 0.2) is 18.2 Å². The predicted octanol–water partition coefficient (Wildman–Crippen LogP) is 1.82. The zero-order valence-electron chi connectivity index (χ0n) is 11.9. The summed E-state index contributed by atoms with van der Waals surface area (Å²) in [5, 5.41) is 0.320. The van der Waals surface area contributed by atoms with Crippen LogP contribution in [0.25, 0.3) is 0 Å². The Kier molecular flexibility index (Phi) is 5.32. The minimum Gasteiger partial charge on any atom is -0.497 e. The van der Waals surface area contributed by atoms with E-state index < -0.39 is 10.2 Å². The van der Waals surface area contributed by atoms with Gasteiger partial charge in [-0.15, -0.1) is 0 Å². The summed E-state index contributed by atoms with van der Waals surface area (Å²) in [4.78, 5) is 0. The molecule has 21 heavy (non-hydrogen) atoms. The first-order valence-corrected chi connectivity index (χ1v) is 8.63. The van der Waals surface area contributed by atoms with Crippen LogP contribution in [0, 0.1) is 0 Å². The standard InChI is InChI=1S/C13H20ClN3O3S/c1-20-11-5-6-12(14)13(8-11)16-21(18,19)17-7-3-2-4-10(17)9-15/h5-6,8,10,16H,2-4,7,9,15H2,1H3. The minimum atomic E-state index is -3.68. The van der Waals surface area contributed by atoms with Gasteiger partial charge in [-0.05, 0) is 25.0 Å². The molecule has 1 aliphatic heterocycles. The highest BCUT2D eigenvalue weighted by molar-refractivity contribution is 7.90. The van der Waals surface area contributed by atoms with Gasteiger partial charge in [0.15, 0.2) is 0 Å². The summed E-state index contributed by atoms with van der Waals surface area (Å²) in [6, 6.07) is 4.65. The van der Waals surface area contributed by atoms with E-state index in [1.807, 2.05) is 0 Å². The molecule has 0 saturated carbocycles. The maximum absolute atomic E-state index is 12.5. The molecule has 1 aromatic carbocycles. The van der Waals surface area contributed by atoms with Crippen molar-refractivity contribution in [3.05, 3.63) is 23.2 Å². The number of methoxy groups -OCH3 is 1. The number of rotatable bonds is 5. The van der Waals surface area contributed by atoms with Crippen LogP contribution in [0.5, 0.6) is 5.75 Å². The lowest BCUT2D eigenvalue weighted by Crippen LogP contribution is -2.49. The highest BCUT2D eigenvalue weighted by Gasteiger charge is 2.31. The molecule has 1 atom stereocenters. The number of nitrogens with one attached hydrogen (secondary N) is 1. The maximum atomic E-state index is 12.5. The first kappa shape index (κ1) is 16.4. The van der Waals surface area contributed by atoms with E-state index in [4.69, 9.17) is 22.1 Å². The number of halogens is 1. The second kappa shape index (κ2) is 6.83. The van der Waals surface area contributed by atoms with Crippen LogP contribution in [0.1, 0.15) is 19.3 Å². The Hall–Kier alpha value is -1.02.